The zero-order valence-corrected chi connectivity index (χ0v) is 14.8. The predicted molar refractivity (Wildman–Crippen MR) is 89.9 cm³/mol. The van der Waals surface area contributed by atoms with Gasteiger partial charge in [-0.2, -0.15) is 0 Å². The normalized spacial score (nSPS) is 16.1. The van der Waals surface area contributed by atoms with Crippen LogP contribution in [0.15, 0.2) is 29.2 Å². The molecular weight excluding hydrogens is 332 g/mol. The van der Waals surface area contributed by atoms with Crippen LogP contribution in [0.4, 0.5) is 5.69 Å². The minimum atomic E-state index is -3.75. The number of nitrogens with one attached hydrogen (secondary N) is 1. The number of hydroxylamine groups is 1. The highest BCUT2D eigenvalue weighted by Gasteiger charge is 2.26. The van der Waals surface area contributed by atoms with E-state index in [2.05, 4.69) is 10.1 Å². The van der Waals surface area contributed by atoms with Crippen molar-refractivity contribution in [2.45, 2.75) is 43.1 Å². The molecule has 1 fully saturated rings. The number of sulfonamides is 1. The van der Waals surface area contributed by atoms with E-state index in [0.717, 1.165) is 30.2 Å². The average Bonchev–Trinajstić information content (AvgIpc) is 2.60. The van der Waals surface area contributed by atoms with E-state index in [1.807, 2.05) is 0 Å². The molecule has 0 heterocycles. The molecule has 0 aliphatic heterocycles. The molecule has 24 heavy (non-hydrogen) atoms. The highest BCUT2D eigenvalue weighted by atomic mass is 32.2. The molecule has 1 aromatic rings. The SMILES string of the molecule is COC(=O)CNc1cccc(S(=O)(=O)N(C)OC2CCCCC2)c1. The van der Waals surface area contributed by atoms with Gasteiger partial charge in [0, 0.05) is 12.7 Å². The van der Waals surface area contributed by atoms with Gasteiger partial charge in [0.15, 0.2) is 0 Å². The van der Waals surface area contributed by atoms with Crippen molar-refractivity contribution in [3.8, 4) is 0 Å². The van der Waals surface area contributed by atoms with Crippen molar-refractivity contribution in [1.82, 2.24) is 4.47 Å². The number of anilines is 1. The lowest BCUT2D eigenvalue weighted by atomic mass is 9.98. The van der Waals surface area contributed by atoms with Gasteiger partial charge >= 0.3 is 5.97 Å². The van der Waals surface area contributed by atoms with Gasteiger partial charge in [-0.1, -0.05) is 29.8 Å². The number of carbonyl (C=O) groups is 1. The Morgan fingerprint density at radius 3 is 2.67 bits per heavy atom. The van der Waals surface area contributed by atoms with E-state index in [9.17, 15) is 13.2 Å². The number of hydrogen-bond acceptors (Lipinski definition) is 6. The molecule has 0 atom stereocenters. The molecule has 1 aliphatic rings. The van der Waals surface area contributed by atoms with Crippen molar-refractivity contribution >= 4 is 21.7 Å². The lowest BCUT2D eigenvalue weighted by molar-refractivity contribution is -0.138. The Hall–Kier alpha value is -1.64. The lowest BCUT2D eigenvalue weighted by Gasteiger charge is -2.26. The molecule has 0 amide bonds. The molecule has 1 saturated carbocycles. The first kappa shape index (κ1) is 18.7. The van der Waals surface area contributed by atoms with Gasteiger partial charge in [-0.05, 0) is 31.0 Å². The van der Waals surface area contributed by atoms with Crippen LogP contribution in [-0.2, 0) is 24.4 Å². The summed E-state index contributed by atoms with van der Waals surface area (Å²) in [4.78, 5) is 16.9. The van der Waals surface area contributed by atoms with E-state index in [4.69, 9.17) is 4.84 Å². The molecule has 0 radical (unpaired) electrons. The first-order valence-electron chi connectivity index (χ1n) is 8.00. The van der Waals surface area contributed by atoms with Crippen LogP contribution in [0.5, 0.6) is 0 Å². The molecule has 1 N–H and O–H groups in total. The Morgan fingerprint density at radius 2 is 2.00 bits per heavy atom. The van der Waals surface area contributed by atoms with Gasteiger partial charge in [0.2, 0.25) is 0 Å². The number of esters is 1. The smallest absolute Gasteiger partial charge is 0.325 e. The van der Waals surface area contributed by atoms with Crippen molar-refractivity contribution in [2.75, 3.05) is 26.0 Å². The number of ether oxygens (including phenoxy) is 1. The highest BCUT2D eigenvalue weighted by molar-refractivity contribution is 7.89. The summed E-state index contributed by atoms with van der Waals surface area (Å²) in [5, 5.41) is 2.83. The van der Waals surface area contributed by atoms with Crippen molar-refractivity contribution in [3.05, 3.63) is 24.3 Å². The number of rotatable bonds is 7. The van der Waals surface area contributed by atoms with Crippen LogP contribution in [-0.4, -0.2) is 45.7 Å². The van der Waals surface area contributed by atoms with Gasteiger partial charge < -0.3 is 10.1 Å². The van der Waals surface area contributed by atoms with Crippen molar-refractivity contribution in [3.63, 3.8) is 0 Å². The summed E-state index contributed by atoms with van der Waals surface area (Å²) in [5.74, 6) is -0.430. The van der Waals surface area contributed by atoms with Crippen LogP contribution >= 0.6 is 0 Å². The van der Waals surface area contributed by atoms with Gasteiger partial charge in [-0.25, -0.2) is 8.42 Å². The van der Waals surface area contributed by atoms with Crippen LogP contribution in [0.2, 0.25) is 0 Å². The van der Waals surface area contributed by atoms with Gasteiger partial charge in [0.05, 0.1) is 18.1 Å². The third-order valence-electron chi connectivity index (χ3n) is 3.98. The third-order valence-corrected chi connectivity index (χ3v) is 5.60. The first-order valence-corrected chi connectivity index (χ1v) is 9.44. The summed E-state index contributed by atoms with van der Waals surface area (Å²) >= 11 is 0. The van der Waals surface area contributed by atoms with E-state index in [0.29, 0.717) is 5.69 Å². The van der Waals surface area contributed by atoms with E-state index < -0.39 is 16.0 Å². The summed E-state index contributed by atoms with van der Waals surface area (Å²) in [6, 6.07) is 6.27. The number of nitrogens with zero attached hydrogens (tertiary/aromatic N) is 1. The molecule has 134 valence electrons. The molecule has 2 rings (SSSR count). The van der Waals surface area contributed by atoms with E-state index >= 15 is 0 Å². The van der Waals surface area contributed by atoms with Crippen LogP contribution in [0.1, 0.15) is 32.1 Å². The zero-order valence-electron chi connectivity index (χ0n) is 14.0. The molecule has 0 aromatic heterocycles. The van der Waals surface area contributed by atoms with Crippen molar-refractivity contribution in [1.29, 1.82) is 0 Å². The molecule has 1 aromatic carbocycles. The molecule has 0 saturated heterocycles. The van der Waals surface area contributed by atoms with E-state index in [1.165, 1.54) is 32.7 Å². The number of carbonyl (C=O) groups excluding carboxylic acids is 1. The second kappa shape index (κ2) is 8.46. The molecule has 0 unspecified atom stereocenters. The van der Waals surface area contributed by atoms with Crippen LogP contribution in [0, 0.1) is 0 Å². The summed E-state index contributed by atoms with van der Waals surface area (Å²) in [5.41, 5.74) is 0.521. The maximum Gasteiger partial charge on any atom is 0.325 e. The van der Waals surface area contributed by atoms with Gasteiger partial charge in [-0.3, -0.25) is 9.63 Å². The maximum absolute atomic E-state index is 12.6. The summed E-state index contributed by atoms with van der Waals surface area (Å²) in [6.07, 6.45) is 4.99. The minimum Gasteiger partial charge on any atom is -0.468 e. The van der Waals surface area contributed by atoms with Crippen molar-refractivity contribution in [2.24, 2.45) is 0 Å². The van der Waals surface area contributed by atoms with Crippen LogP contribution in [0.3, 0.4) is 0 Å². The van der Waals surface area contributed by atoms with Gasteiger partial charge in [0.25, 0.3) is 10.0 Å². The van der Waals surface area contributed by atoms with E-state index in [-0.39, 0.29) is 17.5 Å². The predicted octanol–water partition coefficient (Wildman–Crippen LogP) is 2.16. The molecule has 0 bridgehead atoms. The minimum absolute atomic E-state index is 0.0333. The third kappa shape index (κ3) is 4.93. The molecule has 0 spiro atoms. The second-order valence-electron chi connectivity index (χ2n) is 5.74. The number of benzene rings is 1. The van der Waals surface area contributed by atoms with Gasteiger partial charge in [0.1, 0.15) is 6.54 Å². The Labute approximate surface area is 142 Å². The Balaban J connectivity index is 2.05. The maximum atomic E-state index is 12.6. The average molecular weight is 356 g/mol. The quantitative estimate of drug-likeness (QED) is 0.595. The largest absolute Gasteiger partial charge is 0.468 e. The standard InChI is InChI=1S/C16H24N2O5S/c1-18(23-14-8-4-3-5-9-14)24(20,21)15-10-6-7-13(11-15)17-12-16(19)22-2/h6-7,10-11,14,17H,3-5,8-9,12H2,1-2H3. The number of methoxy groups -OCH3 is 1. The van der Waals surface area contributed by atoms with Crippen LogP contribution in [0.25, 0.3) is 0 Å². The molecular formula is C16H24N2O5S. The highest BCUT2D eigenvalue weighted by Crippen LogP contribution is 2.24. The zero-order chi connectivity index (χ0) is 17.6. The van der Waals surface area contributed by atoms with Gasteiger partial charge in [-0.15, -0.1) is 0 Å². The summed E-state index contributed by atoms with van der Waals surface area (Å²) < 4.78 is 30.8. The summed E-state index contributed by atoms with van der Waals surface area (Å²) in [7, 11) is -1.04. The Morgan fingerprint density at radius 1 is 1.29 bits per heavy atom. The Kier molecular flexibility index (Phi) is 6.59. The second-order valence-corrected chi connectivity index (χ2v) is 7.67. The van der Waals surface area contributed by atoms with Crippen molar-refractivity contribution < 1.29 is 22.8 Å². The fourth-order valence-electron chi connectivity index (χ4n) is 2.60. The fraction of sp³-hybridized carbons (Fsp3) is 0.562. The Bertz CT molecular complexity index is 656. The fourth-order valence-corrected chi connectivity index (χ4v) is 3.66. The number of hydrogen-bond donors (Lipinski definition) is 1. The molecule has 8 heteroatoms. The monoisotopic (exact) mass is 356 g/mol. The first-order chi connectivity index (χ1) is 11.4. The van der Waals surface area contributed by atoms with Crippen LogP contribution < -0.4 is 5.32 Å². The molecule has 7 nitrogen and oxygen atoms in total. The summed E-state index contributed by atoms with van der Waals surface area (Å²) in [6.45, 7) is -0.0333. The topological polar surface area (TPSA) is 84.9 Å². The molecule has 1 aliphatic carbocycles. The lowest BCUT2D eigenvalue weighted by Crippen LogP contribution is -2.33. The van der Waals surface area contributed by atoms with E-state index in [1.54, 1.807) is 12.1 Å².